The molecule has 6 nitrogen and oxygen atoms in total. The standard InChI is InChI=1S/C26H29BN2O4/c1-25(2)26(3,4)33-27(32-25)22(15-20-11-8-12-21-16-28-14-13-23(20)21)17-29-24(30)31-18-19-9-6-5-7-10-19/h5-16H,17-18H2,1-4H3,(H,29,30). The average molecular weight is 444 g/mol. The first kappa shape index (κ1) is 23.0. The number of aromatic nitrogens is 1. The van der Waals surface area contributed by atoms with Crippen molar-refractivity contribution in [3.63, 3.8) is 0 Å². The average Bonchev–Trinajstić information content (AvgIpc) is 3.02. The van der Waals surface area contributed by atoms with E-state index >= 15 is 0 Å². The molecule has 1 N–H and O–H groups in total. The van der Waals surface area contributed by atoms with Crippen molar-refractivity contribution in [3.05, 3.63) is 83.6 Å². The van der Waals surface area contributed by atoms with E-state index in [4.69, 9.17) is 14.0 Å². The molecule has 1 amide bonds. The number of amides is 1. The number of fused-ring (bicyclic) bond motifs is 1. The van der Waals surface area contributed by atoms with Crippen LogP contribution in [0.25, 0.3) is 16.8 Å². The summed E-state index contributed by atoms with van der Waals surface area (Å²) in [6.45, 7) is 8.47. The van der Waals surface area contributed by atoms with Crippen LogP contribution < -0.4 is 5.32 Å². The van der Waals surface area contributed by atoms with Crippen LogP contribution in [0.5, 0.6) is 0 Å². The van der Waals surface area contributed by atoms with Crippen LogP contribution in [-0.4, -0.2) is 35.9 Å². The largest absolute Gasteiger partial charge is 0.492 e. The van der Waals surface area contributed by atoms with Crippen LogP contribution in [0.4, 0.5) is 4.79 Å². The van der Waals surface area contributed by atoms with Crippen LogP contribution in [0.2, 0.25) is 0 Å². The van der Waals surface area contributed by atoms with Crippen molar-refractivity contribution in [2.45, 2.75) is 45.5 Å². The van der Waals surface area contributed by atoms with Crippen molar-refractivity contribution in [1.82, 2.24) is 10.3 Å². The number of pyridine rings is 1. The van der Waals surface area contributed by atoms with Gasteiger partial charge < -0.3 is 19.4 Å². The lowest BCUT2D eigenvalue weighted by Gasteiger charge is -2.32. The summed E-state index contributed by atoms with van der Waals surface area (Å²) in [5.74, 6) is 0. The number of carbonyl (C=O) groups is 1. The van der Waals surface area contributed by atoms with Crippen molar-refractivity contribution in [2.24, 2.45) is 0 Å². The quantitative estimate of drug-likeness (QED) is 0.531. The molecule has 7 heteroatoms. The van der Waals surface area contributed by atoms with Crippen LogP contribution in [0.15, 0.2) is 72.5 Å². The molecule has 0 spiro atoms. The first-order valence-electron chi connectivity index (χ1n) is 11.1. The topological polar surface area (TPSA) is 69.7 Å². The van der Waals surface area contributed by atoms with Crippen LogP contribution in [0.1, 0.15) is 38.8 Å². The monoisotopic (exact) mass is 444 g/mol. The summed E-state index contributed by atoms with van der Waals surface area (Å²) in [6.07, 6.45) is 5.12. The summed E-state index contributed by atoms with van der Waals surface area (Å²) in [5, 5.41) is 4.95. The molecule has 0 unspecified atom stereocenters. The first-order chi connectivity index (χ1) is 15.7. The maximum absolute atomic E-state index is 12.4. The Hall–Kier alpha value is -3.16. The van der Waals surface area contributed by atoms with Crippen LogP contribution in [0.3, 0.4) is 0 Å². The third kappa shape index (κ3) is 5.26. The zero-order valence-electron chi connectivity index (χ0n) is 19.5. The number of hydrogen-bond donors (Lipinski definition) is 1. The highest BCUT2D eigenvalue weighted by atomic mass is 16.7. The molecule has 0 aliphatic carbocycles. The van der Waals surface area contributed by atoms with Gasteiger partial charge in [0.2, 0.25) is 0 Å². The van der Waals surface area contributed by atoms with Gasteiger partial charge in [0.1, 0.15) is 6.61 Å². The minimum absolute atomic E-state index is 0.207. The molecule has 0 radical (unpaired) electrons. The second kappa shape index (κ2) is 9.37. The lowest BCUT2D eigenvalue weighted by atomic mass is 9.76. The van der Waals surface area contributed by atoms with Gasteiger partial charge in [-0.25, -0.2) is 4.79 Å². The van der Waals surface area contributed by atoms with Gasteiger partial charge in [0.15, 0.2) is 0 Å². The Labute approximate surface area is 195 Å². The van der Waals surface area contributed by atoms with Crippen molar-refractivity contribution in [2.75, 3.05) is 6.54 Å². The maximum atomic E-state index is 12.4. The van der Waals surface area contributed by atoms with E-state index in [1.165, 1.54) is 0 Å². The normalized spacial score (nSPS) is 17.2. The zero-order valence-corrected chi connectivity index (χ0v) is 19.5. The number of nitrogens with one attached hydrogen (secondary N) is 1. The minimum atomic E-state index is -0.596. The number of benzene rings is 2. The van der Waals surface area contributed by atoms with Crippen molar-refractivity contribution in [1.29, 1.82) is 0 Å². The second-order valence-electron chi connectivity index (χ2n) is 9.17. The van der Waals surface area contributed by atoms with Gasteiger partial charge >= 0.3 is 13.2 Å². The first-order valence-corrected chi connectivity index (χ1v) is 11.1. The van der Waals surface area contributed by atoms with E-state index in [1.807, 2.05) is 94.6 Å². The van der Waals surface area contributed by atoms with Gasteiger partial charge in [-0.3, -0.25) is 4.98 Å². The van der Waals surface area contributed by atoms with E-state index in [-0.39, 0.29) is 13.2 Å². The fourth-order valence-electron chi connectivity index (χ4n) is 3.62. The van der Waals surface area contributed by atoms with Gasteiger partial charge in [0.25, 0.3) is 0 Å². The SMILES string of the molecule is CC1(C)OB(C(=Cc2cccc3cnccc23)CNC(=O)OCc2ccccc2)OC1(C)C. The molecule has 0 bridgehead atoms. The lowest BCUT2D eigenvalue weighted by Crippen LogP contribution is -2.41. The molecular weight excluding hydrogens is 415 g/mol. The molecule has 1 aliphatic rings. The van der Waals surface area contributed by atoms with Gasteiger partial charge in [-0.1, -0.05) is 54.6 Å². The fraction of sp³-hybridized carbons (Fsp3) is 0.308. The van der Waals surface area contributed by atoms with Crippen molar-refractivity contribution in [3.8, 4) is 0 Å². The molecule has 170 valence electrons. The Morgan fingerprint density at radius 2 is 1.76 bits per heavy atom. The molecule has 1 fully saturated rings. The molecule has 2 aromatic carbocycles. The Bertz CT molecular complexity index is 1140. The number of ether oxygens (including phenoxy) is 1. The second-order valence-corrected chi connectivity index (χ2v) is 9.17. The molecule has 1 aliphatic heterocycles. The number of nitrogens with zero attached hydrogens (tertiary/aromatic N) is 1. The molecule has 3 aromatic rings. The van der Waals surface area contributed by atoms with E-state index in [9.17, 15) is 4.79 Å². The van der Waals surface area contributed by atoms with E-state index in [2.05, 4.69) is 10.3 Å². The molecule has 2 heterocycles. The zero-order chi connectivity index (χ0) is 23.5. The van der Waals surface area contributed by atoms with E-state index in [0.29, 0.717) is 0 Å². The maximum Gasteiger partial charge on any atom is 0.492 e. The number of alkyl carbamates (subject to hydrolysis) is 1. The highest BCUT2D eigenvalue weighted by Crippen LogP contribution is 2.39. The van der Waals surface area contributed by atoms with Crippen molar-refractivity contribution >= 4 is 30.1 Å². The lowest BCUT2D eigenvalue weighted by molar-refractivity contribution is 0.00578. The van der Waals surface area contributed by atoms with E-state index in [1.54, 1.807) is 6.20 Å². The van der Waals surface area contributed by atoms with Crippen molar-refractivity contribution < 1.29 is 18.8 Å². The Kier molecular flexibility index (Phi) is 6.54. The highest BCUT2D eigenvalue weighted by molar-refractivity contribution is 6.56. The minimum Gasteiger partial charge on any atom is -0.445 e. The van der Waals surface area contributed by atoms with Gasteiger partial charge in [0.05, 0.1) is 11.2 Å². The summed E-state index contributed by atoms with van der Waals surface area (Å²) in [4.78, 5) is 16.6. The third-order valence-electron chi connectivity index (χ3n) is 6.26. The Morgan fingerprint density at radius 3 is 2.48 bits per heavy atom. The van der Waals surface area contributed by atoms with Gasteiger partial charge in [-0.05, 0) is 55.7 Å². The van der Waals surface area contributed by atoms with Crippen LogP contribution in [0, 0.1) is 0 Å². The smallest absolute Gasteiger partial charge is 0.445 e. The summed E-state index contributed by atoms with van der Waals surface area (Å²) in [7, 11) is -0.596. The Morgan fingerprint density at radius 1 is 1.03 bits per heavy atom. The number of rotatable bonds is 6. The van der Waals surface area contributed by atoms with E-state index in [0.717, 1.165) is 27.4 Å². The van der Waals surface area contributed by atoms with E-state index < -0.39 is 24.4 Å². The fourth-order valence-corrected chi connectivity index (χ4v) is 3.62. The predicted molar refractivity (Wildman–Crippen MR) is 130 cm³/mol. The van der Waals surface area contributed by atoms with Crippen LogP contribution in [-0.2, 0) is 20.7 Å². The number of hydrogen-bond acceptors (Lipinski definition) is 5. The molecule has 33 heavy (non-hydrogen) atoms. The Balaban J connectivity index is 1.55. The highest BCUT2D eigenvalue weighted by Gasteiger charge is 2.52. The third-order valence-corrected chi connectivity index (χ3v) is 6.26. The molecule has 1 saturated heterocycles. The summed E-state index contributed by atoms with van der Waals surface area (Å²) >= 11 is 0. The van der Waals surface area contributed by atoms with Gasteiger partial charge in [-0.2, -0.15) is 0 Å². The summed E-state index contributed by atoms with van der Waals surface area (Å²) in [5.41, 5.74) is 1.74. The molecule has 0 saturated carbocycles. The number of carbonyl (C=O) groups excluding carboxylic acids is 1. The molecule has 1 aromatic heterocycles. The van der Waals surface area contributed by atoms with Crippen LogP contribution >= 0.6 is 0 Å². The summed E-state index contributed by atoms with van der Waals surface area (Å²) in [6, 6.07) is 17.6. The molecular formula is C26H29BN2O4. The predicted octanol–water partition coefficient (Wildman–Crippen LogP) is 5.18. The van der Waals surface area contributed by atoms with Gasteiger partial charge in [-0.15, -0.1) is 0 Å². The molecule has 0 atom stereocenters. The molecule has 4 rings (SSSR count). The van der Waals surface area contributed by atoms with Gasteiger partial charge in [0, 0.05) is 24.3 Å². The summed E-state index contributed by atoms with van der Waals surface area (Å²) < 4.78 is 17.9.